The number of aliphatic hydroxyl groups excluding tert-OH is 2. The summed E-state index contributed by atoms with van der Waals surface area (Å²) in [5, 5.41) is 34.5. The summed E-state index contributed by atoms with van der Waals surface area (Å²) in [6.07, 6.45) is -7.55. The third-order valence-corrected chi connectivity index (χ3v) is 10.7. The van der Waals surface area contributed by atoms with Crippen LogP contribution in [0.2, 0.25) is 0 Å². The molecule has 0 radical (unpaired) electrons. The zero-order valence-electron chi connectivity index (χ0n) is 34.9. The number of aldehydes is 1. The molecule has 3 rings (SSSR count). The summed E-state index contributed by atoms with van der Waals surface area (Å²) in [6.45, 7) is 13.5. The molecule has 16 nitrogen and oxygen atoms in total. The summed E-state index contributed by atoms with van der Waals surface area (Å²) in [6, 6.07) is -0.773. The Morgan fingerprint density at radius 2 is 1.71 bits per heavy atom. The minimum absolute atomic E-state index is 0.0424. The van der Waals surface area contributed by atoms with Gasteiger partial charge in [0.15, 0.2) is 18.7 Å². The summed E-state index contributed by atoms with van der Waals surface area (Å²) in [5.74, 6) is -2.78. The largest absolute Gasteiger partial charge is 0.462 e. The van der Waals surface area contributed by atoms with Gasteiger partial charge in [-0.15, -0.1) is 0 Å². The maximum atomic E-state index is 13.1. The zero-order chi connectivity index (χ0) is 42.1. The predicted molar refractivity (Wildman–Crippen MR) is 201 cm³/mol. The molecule has 3 heterocycles. The topological polar surface area (TPSA) is 206 Å². The highest BCUT2D eigenvalue weighted by molar-refractivity contribution is 5.72. The van der Waals surface area contributed by atoms with E-state index < -0.39 is 109 Å². The van der Waals surface area contributed by atoms with E-state index in [0.717, 1.165) is 0 Å². The molecule has 3 N–H and O–H groups in total. The predicted octanol–water partition coefficient (Wildman–Crippen LogP) is 2.46. The number of hydrogen-bond acceptors (Lipinski definition) is 16. The molecule has 16 heteroatoms. The van der Waals surface area contributed by atoms with Crippen molar-refractivity contribution in [1.82, 2.24) is 4.90 Å². The minimum Gasteiger partial charge on any atom is -0.462 e. The number of methoxy groups -OCH3 is 1. The van der Waals surface area contributed by atoms with Crippen LogP contribution in [0.5, 0.6) is 0 Å². The Morgan fingerprint density at radius 3 is 2.29 bits per heavy atom. The molecule has 2 saturated heterocycles. The van der Waals surface area contributed by atoms with Crippen LogP contribution in [0.3, 0.4) is 0 Å². The molecular formula is C40H67NO15. The monoisotopic (exact) mass is 801 g/mol. The lowest BCUT2D eigenvalue weighted by molar-refractivity contribution is -0.344. The summed E-state index contributed by atoms with van der Waals surface area (Å²) >= 11 is 0. The Balaban J connectivity index is 1.95. The average Bonchev–Trinajstić information content (AvgIpc) is 3.06. The number of nitrogens with zero attached hydrogens (tertiary/aromatic N) is 1. The lowest BCUT2D eigenvalue weighted by Gasteiger charge is -2.50. The summed E-state index contributed by atoms with van der Waals surface area (Å²) in [4.78, 5) is 52.0. The molecule has 0 saturated carbocycles. The molecule has 0 aromatic rings. The van der Waals surface area contributed by atoms with Crippen molar-refractivity contribution in [1.29, 1.82) is 0 Å². The van der Waals surface area contributed by atoms with Gasteiger partial charge < -0.3 is 62.9 Å². The van der Waals surface area contributed by atoms with Gasteiger partial charge in [-0.05, 0) is 66.0 Å². The lowest BCUT2D eigenvalue weighted by atomic mass is 9.82. The average molecular weight is 802 g/mol. The number of rotatable bonds is 12. The van der Waals surface area contributed by atoms with E-state index in [4.69, 9.17) is 37.9 Å². The van der Waals surface area contributed by atoms with E-state index in [0.29, 0.717) is 12.7 Å². The molecular weight excluding hydrogens is 734 g/mol. The van der Waals surface area contributed by atoms with Gasteiger partial charge in [-0.25, -0.2) is 0 Å². The summed E-state index contributed by atoms with van der Waals surface area (Å²) in [7, 11) is 4.86. The van der Waals surface area contributed by atoms with Crippen molar-refractivity contribution in [2.75, 3.05) is 21.2 Å². The van der Waals surface area contributed by atoms with Crippen LogP contribution in [0.1, 0.15) is 93.9 Å². The smallest absolute Gasteiger partial charge is 0.309 e. The number of hydrogen-bond donors (Lipinski definition) is 3. The van der Waals surface area contributed by atoms with E-state index in [2.05, 4.69) is 0 Å². The van der Waals surface area contributed by atoms with Crippen molar-refractivity contribution in [2.45, 2.75) is 179 Å². The third kappa shape index (κ3) is 13.2. The van der Waals surface area contributed by atoms with Gasteiger partial charge in [0.25, 0.3) is 0 Å². The van der Waals surface area contributed by atoms with Crippen molar-refractivity contribution in [2.24, 2.45) is 17.8 Å². The fraction of sp³-hybridized carbons (Fsp3) is 0.850. The van der Waals surface area contributed by atoms with Gasteiger partial charge >= 0.3 is 17.9 Å². The third-order valence-electron chi connectivity index (χ3n) is 10.7. The van der Waals surface area contributed by atoms with Gasteiger partial charge in [0, 0.05) is 39.7 Å². The van der Waals surface area contributed by atoms with Crippen molar-refractivity contribution in [3.8, 4) is 0 Å². The van der Waals surface area contributed by atoms with Crippen molar-refractivity contribution in [3.05, 3.63) is 12.2 Å². The second-order valence-corrected chi connectivity index (χ2v) is 16.6. The van der Waals surface area contributed by atoms with E-state index >= 15 is 0 Å². The molecule has 56 heavy (non-hydrogen) atoms. The zero-order valence-corrected chi connectivity index (χ0v) is 34.9. The van der Waals surface area contributed by atoms with Crippen molar-refractivity contribution >= 4 is 24.2 Å². The number of carbonyl (C=O) groups excluding carboxylic acids is 4. The molecule has 3 aliphatic heterocycles. The van der Waals surface area contributed by atoms with Crippen LogP contribution in [0.15, 0.2) is 12.2 Å². The molecule has 0 bridgehead atoms. The van der Waals surface area contributed by atoms with Gasteiger partial charge in [0.05, 0.1) is 36.9 Å². The van der Waals surface area contributed by atoms with Gasteiger partial charge in [-0.2, -0.15) is 0 Å². The van der Waals surface area contributed by atoms with E-state index in [1.807, 2.05) is 20.8 Å². The molecule has 0 aromatic carbocycles. The van der Waals surface area contributed by atoms with Gasteiger partial charge in [-0.1, -0.05) is 32.9 Å². The number of likely N-dealkylation sites (N-methyl/N-ethyl adjacent to an activating group) is 1. The van der Waals surface area contributed by atoms with Crippen LogP contribution in [0, 0.1) is 17.8 Å². The number of ether oxygens (including phenoxy) is 8. The number of esters is 3. The summed E-state index contributed by atoms with van der Waals surface area (Å²) < 4.78 is 48.4. The van der Waals surface area contributed by atoms with E-state index in [-0.39, 0.29) is 43.9 Å². The highest BCUT2D eigenvalue weighted by Gasteiger charge is 2.53. The fourth-order valence-corrected chi connectivity index (χ4v) is 7.96. The molecule has 0 aliphatic carbocycles. The number of aliphatic hydroxyl groups is 3. The Labute approximate surface area is 331 Å². The molecule has 0 unspecified atom stereocenters. The van der Waals surface area contributed by atoms with Crippen LogP contribution >= 0.6 is 0 Å². The van der Waals surface area contributed by atoms with Gasteiger partial charge in [-0.3, -0.25) is 14.4 Å². The Kier molecular flexibility index (Phi) is 18.3. The standard InChI is InChI=1S/C40H67NO15/c1-21(2)17-30(45)54-38-25(6)51-32(20-40(38,8)48)55-35-24(5)52-39(34(47)33(35)41(9)10)56-36-27(15-16-42)18-22(3)28(44)14-12-13-23(4)50-31(46)19-29(37(36)49-11)53-26(7)43/h12,14,16,21-25,27-29,32-39,44,47-48H,13,15,17-20H2,1-11H3/b14-12+/t22-,23-,24-,25+,27+,28-,29-,32+,33-,34-,35-,36+,37+,38+,39+,40-/m1/s1. The lowest BCUT2D eigenvalue weighted by Crippen LogP contribution is -2.66. The first-order valence-electron chi connectivity index (χ1n) is 19.7. The van der Waals surface area contributed by atoms with Crippen LogP contribution in [0.25, 0.3) is 0 Å². The molecule has 16 atom stereocenters. The van der Waals surface area contributed by atoms with Crippen molar-refractivity contribution in [3.63, 3.8) is 0 Å². The minimum atomic E-state index is -1.50. The molecule has 3 aliphatic rings. The molecule has 0 spiro atoms. The Hall–Kier alpha value is -2.54. The van der Waals surface area contributed by atoms with Crippen molar-refractivity contribution < 1.29 is 72.4 Å². The molecule has 0 aromatic heterocycles. The highest BCUT2D eigenvalue weighted by Crippen LogP contribution is 2.38. The van der Waals surface area contributed by atoms with Gasteiger partial charge in [0.1, 0.15) is 42.4 Å². The van der Waals surface area contributed by atoms with Crippen LogP contribution in [-0.4, -0.2) is 151 Å². The first kappa shape index (κ1) is 47.8. The Bertz CT molecular complexity index is 1310. The summed E-state index contributed by atoms with van der Waals surface area (Å²) in [5.41, 5.74) is -1.50. The highest BCUT2D eigenvalue weighted by atomic mass is 16.7. The van der Waals surface area contributed by atoms with E-state index in [1.54, 1.807) is 58.8 Å². The molecule has 0 amide bonds. The normalized spacial score (nSPS) is 41.0. The van der Waals surface area contributed by atoms with Gasteiger partial charge in [0.2, 0.25) is 0 Å². The fourth-order valence-electron chi connectivity index (χ4n) is 7.96. The Morgan fingerprint density at radius 1 is 1.04 bits per heavy atom. The number of carbonyl (C=O) groups is 4. The first-order chi connectivity index (χ1) is 26.2. The van der Waals surface area contributed by atoms with E-state index in [1.165, 1.54) is 14.0 Å². The molecule has 322 valence electrons. The molecule has 2 fully saturated rings. The number of cyclic esters (lactones) is 1. The van der Waals surface area contributed by atoms with Crippen LogP contribution < -0.4 is 0 Å². The van der Waals surface area contributed by atoms with Crippen LogP contribution in [-0.2, 0) is 57.1 Å². The van der Waals surface area contributed by atoms with Crippen LogP contribution in [0.4, 0.5) is 0 Å². The maximum absolute atomic E-state index is 13.1. The van der Waals surface area contributed by atoms with E-state index in [9.17, 15) is 34.5 Å². The maximum Gasteiger partial charge on any atom is 0.309 e. The second-order valence-electron chi connectivity index (χ2n) is 16.6. The quantitative estimate of drug-likeness (QED) is 0.112. The second kappa shape index (κ2) is 21.5. The SMILES string of the molecule is CO[C@@H]1[C@@H](O[C@@H]2O[C@H](C)[C@@H](O[C@H]3C[C@@](C)(O)[C@@H](OC(=O)CC(C)C)[C@H](C)O3)[C@H](N(C)C)[C@H]2O)[C@@H](CC=O)C[C@@H](C)[C@H](O)/C=C/C[C@@H](C)OC(=O)C[C@H]1OC(C)=O. The first-order valence-corrected chi connectivity index (χ1v) is 19.7.